The lowest BCUT2D eigenvalue weighted by atomic mass is 10.1. The minimum Gasteiger partial charge on any atom is -0.324 e. The first-order chi connectivity index (χ1) is 9.66. The van der Waals surface area contributed by atoms with Gasteiger partial charge >= 0.3 is 0 Å². The molecule has 0 aromatic heterocycles. The van der Waals surface area contributed by atoms with Crippen LogP contribution in [-0.2, 0) is 5.04 Å². The summed E-state index contributed by atoms with van der Waals surface area (Å²) in [5, 5.41) is 15.5. The Labute approximate surface area is 126 Å². The number of quaternary nitrogens is 1. The molecule has 4 heteroatoms. The number of hydrogen-bond donors (Lipinski definition) is 2. The Hall–Kier alpha value is -0.160. The normalized spacial score (nSPS) is 11.1. The van der Waals surface area contributed by atoms with E-state index in [2.05, 4.69) is 32.7 Å². The highest BCUT2D eigenvalue weighted by Gasteiger charge is 2.24. The van der Waals surface area contributed by atoms with Gasteiger partial charge in [0, 0.05) is 0 Å². The van der Waals surface area contributed by atoms with E-state index < -0.39 is 0 Å². The minimum absolute atomic E-state index is 1.35. The molecule has 0 aromatic rings. The van der Waals surface area contributed by atoms with Crippen molar-refractivity contribution in [3.8, 4) is 0 Å². The monoisotopic (exact) mass is 292 g/mol. The Bertz CT molecular complexity index is 140. The first-order valence-corrected chi connectivity index (χ1v) is 8.46. The van der Waals surface area contributed by atoms with Gasteiger partial charge < -0.3 is 4.48 Å². The lowest BCUT2D eigenvalue weighted by molar-refractivity contribution is -0.929. The molecule has 0 bridgehead atoms. The Morgan fingerprint density at radius 2 is 0.800 bits per heavy atom. The summed E-state index contributed by atoms with van der Waals surface area (Å²) in [7, 11) is 0. The molecule has 0 aliphatic heterocycles. The Kier molecular flexibility index (Phi) is 18.7. The summed E-state index contributed by atoms with van der Waals surface area (Å²) in [5.41, 5.74) is 0. The van der Waals surface area contributed by atoms with E-state index in [0.717, 1.165) is 0 Å². The van der Waals surface area contributed by atoms with Gasteiger partial charge in [-0.3, -0.25) is 0 Å². The zero-order valence-corrected chi connectivity index (χ0v) is 14.2. The molecule has 0 aliphatic rings. The van der Waals surface area contributed by atoms with Crippen molar-refractivity contribution in [2.45, 2.75) is 79.1 Å². The molecule has 0 rings (SSSR count). The quantitative estimate of drug-likeness (QED) is 0.304. The number of rotatable bonds is 12. The molecule has 0 saturated carbocycles. The zero-order valence-electron chi connectivity index (χ0n) is 14.2. The van der Waals surface area contributed by atoms with Gasteiger partial charge in [-0.05, 0) is 25.7 Å². The molecule has 2 N–H and O–H groups in total. The Balaban J connectivity index is 0. The van der Waals surface area contributed by atoms with E-state index in [9.17, 15) is 0 Å². The maximum absolute atomic E-state index is 6.62. The van der Waals surface area contributed by atoms with Gasteiger partial charge in [-0.1, -0.05) is 58.4 Å². The number of unbranched alkanes of at least 4 members (excludes halogenated alkanes) is 4. The van der Waals surface area contributed by atoms with Crippen molar-refractivity contribution in [2.24, 2.45) is 0 Å². The van der Waals surface area contributed by atoms with Gasteiger partial charge in [0.25, 0.3) is 0 Å². The molecule has 0 heterocycles. The summed E-state index contributed by atoms with van der Waals surface area (Å²) >= 11 is 0. The maximum Gasteiger partial charge on any atom is 0.0786 e. The molecule has 0 atom stereocenters. The Morgan fingerprint density at radius 3 is 0.950 bits per heavy atom. The van der Waals surface area contributed by atoms with Crippen molar-refractivity contribution < 1.29 is 20.0 Å². The highest BCUT2D eigenvalue weighted by molar-refractivity contribution is 4.49. The first kappa shape index (κ1) is 22.1. The largest absolute Gasteiger partial charge is 0.324 e. The fraction of sp³-hybridized carbons (Fsp3) is 1.00. The molecular weight excluding hydrogens is 254 g/mol. The van der Waals surface area contributed by atoms with Crippen LogP contribution in [0, 0.1) is 0 Å². The third-order valence-electron chi connectivity index (χ3n) is 3.94. The van der Waals surface area contributed by atoms with Crippen LogP contribution in [0.5, 0.6) is 0 Å². The van der Waals surface area contributed by atoms with Gasteiger partial charge in [-0.15, -0.1) is 0 Å². The van der Waals surface area contributed by atoms with E-state index in [1.807, 2.05) is 0 Å². The molecule has 124 valence electrons. The number of hydrogen-bond acceptors (Lipinski definition) is 3. The predicted octanol–water partition coefficient (Wildman–Crippen LogP) is 4.95. The molecule has 0 amide bonds. The van der Waals surface area contributed by atoms with Gasteiger partial charge in [0.1, 0.15) is 0 Å². The predicted molar refractivity (Wildman–Crippen MR) is 85.7 cm³/mol. The smallest absolute Gasteiger partial charge is 0.0786 e. The van der Waals surface area contributed by atoms with Crippen LogP contribution in [0.3, 0.4) is 0 Å². The van der Waals surface area contributed by atoms with E-state index in [4.69, 9.17) is 10.5 Å². The topological polar surface area (TPSA) is 49.7 Å². The van der Waals surface area contributed by atoms with Crippen molar-refractivity contribution in [3.05, 3.63) is 0 Å². The molecule has 0 aliphatic carbocycles. The second kappa shape index (κ2) is 16.9. The maximum atomic E-state index is 6.62. The van der Waals surface area contributed by atoms with Crippen molar-refractivity contribution >= 4 is 0 Å². The van der Waals surface area contributed by atoms with Gasteiger partial charge in [0.15, 0.2) is 0 Å². The third kappa shape index (κ3) is 12.9. The second-order valence-electron chi connectivity index (χ2n) is 5.73. The van der Waals surface area contributed by atoms with E-state index in [0.29, 0.717) is 0 Å². The average molecular weight is 292 g/mol. The van der Waals surface area contributed by atoms with Crippen LogP contribution in [0.4, 0.5) is 0 Å². The van der Waals surface area contributed by atoms with Gasteiger partial charge in [0.2, 0.25) is 0 Å². The highest BCUT2D eigenvalue weighted by Crippen LogP contribution is 2.16. The third-order valence-corrected chi connectivity index (χ3v) is 3.94. The minimum atomic E-state index is 1.35. The molecule has 0 fully saturated rings. The summed E-state index contributed by atoms with van der Waals surface area (Å²) in [4.78, 5) is 0. The van der Waals surface area contributed by atoms with Crippen LogP contribution in [0.1, 0.15) is 79.1 Å². The van der Waals surface area contributed by atoms with Crippen molar-refractivity contribution in [2.75, 3.05) is 26.2 Å². The molecule has 0 unspecified atom stereocenters. The molecule has 0 spiro atoms. The molecule has 20 heavy (non-hydrogen) atoms. The molecular formula is C16H38NO3+. The lowest BCUT2D eigenvalue weighted by Gasteiger charge is -2.39. The second-order valence-corrected chi connectivity index (χ2v) is 5.73. The first-order valence-electron chi connectivity index (χ1n) is 8.46. The molecule has 0 aromatic carbocycles. The lowest BCUT2D eigenvalue weighted by Crippen LogP contribution is -2.50. The van der Waals surface area contributed by atoms with Gasteiger partial charge in [-0.25, -0.2) is 10.5 Å². The van der Waals surface area contributed by atoms with Crippen LogP contribution in [0.25, 0.3) is 0 Å². The van der Waals surface area contributed by atoms with E-state index in [1.165, 1.54) is 82.0 Å². The van der Waals surface area contributed by atoms with Crippen LogP contribution in [0.15, 0.2) is 0 Å². The van der Waals surface area contributed by atoms with Crippen LogP contribution < -0.4 is 0 Å². The fourth-order valence-electron chi connectivity index (χ4n) is 2.64. The Morgan fingerprint density at radius 1 is 0.600 bits per heavy atom. The van der Waals surface area contributed by atoms with Crippen LogP contribution in [-0.4, -0.2) is 41.2 Å². The highest BCUT2D eigenvalue weighted by atomic mass is 17.4. The standard InChI is InChI=1S/C16H36N.H2O3/c1-5-9-13-17(14-10-6-2,15-11-7-3)16-12-8-4;1-3-2/h5-16H2,1-4H3;1-2H/q+1;. The van der Waals surface area contributed by atoms with Gasteiger partial charge in [0.05, 0.1) is 26.2 Å². The SMILES string of the molecule is CCCC[N+](CCCC)(CCCC)CCCC.OOO. The van der Waals surface area contributed by atoms with E-state index in [1.54, 1.807) is 0 Å². The summed E-state index contributed by atoms with van der Waals surface area (Å²) < 4.78 is 1.42. The van der Waals surface area contributed by atoms with Crippen molar-refractivity contribution in [1.82, 2.24) is 0 Å². The van der Waals surface area contributed by atoms with Gasteiger partial charge in [-0.2, -0.15) is 0 Å². The van der Waals surface area contributed by atoms with Crippen LogP contribution >= 0.6 is 0 Å². The van der Waals surface area contributed by atoms with Crippen molar-refractivity contribution in [1.29, 1.82) is 0 Å². The summed E-state index contributed by atoms with van der Waals surface area (Å²) in [6, 6.07) is 0. The average Bonchev–Trinajstić information content (AvgIpc) is 2.46. The molecule has 0 saturated heterocycles. The summed E-state index contributed by atoms with van der Waals surface area (Å²) in [6.45, 7) is 15.0. The fourth-order valence-corrected chi connectivity index (χ4v) is 2.64. The van der Waals surface area contributed by atoms with E-state index in [-0.39, 0.29) is 0 Å². The molecule has 0 radical (unpaired) electrons. The molecule has 4 nitrogen and oxygen atoms in total. The van der Waals surface area contributed by atoms with E-state index >= 15 is 0 Å². The number of nitrogens with zero attached hydrogens (tertiary/aromatic N) is 1. The van der Waals surface area contributed by atoms with Crippen LogP contribution in [0.2, 0.25) is 0 Å². The van der Waals surface area contributed by atoms with Crippen molar-refractivity contribution in [3.63, 3.8) is 0 Å². The summed E-state index contributed by atoms with van der Waals surface area (Å²) in [6.07, 6.45) is 11.1. The summed E-state index contributed by atoms with van der Waals surface area (Å²) in [5.74, 6) is 0. The zero-order chi connectivity index (χ0) is 15.7.